The van der Waals surface area contributed by atoms with Crippen LogP contribution in [0.1, 0.15) is 13.8 Å². The SMILES string of the molecule is CC(C)OC(=O)NCCOC(N)=O. The third kappa shape index (κ3) is 8.45. The van der Waals surface area contributed by atoms with Gasteiger partial charge in [0.1, 0.15) is 6.61 Å². The molecule has 0 unspecified atom stereocenters. The Morgan fingerprint density at radius 1 is 1.46 bits per heavy atom. The molecule has 2 amide bonds. The van der Waals surface area contributed by atoms with E-state index in [-0.39, 0.29) is 19.3 Å². The van der Waals surface area contributed by atoms with Crippen molar-refractivity contribution in [2.24, 2.45) is 5.73 Å². The minimum absolute atomic E-state index is 0.0442. The molecule has 0 aromatic heterocycles. The molecule has 6 heteroatoms. The van der Waals surface area contributed by atoms with E-state index in [0.717, 1.165) is 0 Å². The van der Waals surface area contributed by atoms with Gasteiger partial charge in [0.2, 0.25) is 0 Å². The normalized spacial score (nSPS) is 9.46. The molecule has 0 saturated heterocycles. The molecule has 0 aliphatic rings. The summed E-state index contributed by atoms with van der Waals surface area (Å²) in [5.74, 6) is 0. The van der Waals surface area contributed by atoms with Crippen LogP contribution in [0.2, 0.25) is 0 Å². The Bertz CT molecular complexity index is 181. The second-order valence-corrected chi connectivity index (χ2v) is 2.55. The van der Waals surface area contributed by atoms with Gasteiger partial charge in [0.25, 0.3) is 0 Å². The summed E-state index contributed by atoms with van der Waals surface area (Å²) >= 11 is 0. The average Bonchev–Trinajstić information content (AvgIpc) is 1.96. The maximum absolute atomic E-state index is 10.8. The summed E-state index contributed by atoms with van der Waals surface area (Å²) in [6.45, 7) is 3.70. The molecule has 0 aliphatic heterocycles. The summed E-state index contributed by atoms with van der Waals surface area (Å²) in [4.78, 5) is 20.9. The van der Waals surface area contributed by atoms with Gasteiger partial charge in [-0.05, 0) is 13.8 Å². The fourth-order valence-electron chi connectivity index (χ4n) is 0.560. The lowest BCUT2D eigenvalue weighted by Crippen LogP contribution is -2.31. The third-order valence-electron chi connectivity index (χ3n) is 0.958. The van der Waals surface area contributed by atoms with Crippen molar-refractivity contribution in [1.82, 2.24) is 5.32 Å². The van der Waals surface area contributed by atoms with Crippen LogP contribution < -0.4 is 11.1 Å². The summed E-state index contributed by atoms with van der Waals surface area (Å²) < 4.78 is 9.10. The first-order valence-electron chi connectivity index (χ1n) is 3.89. The Balaban J connectivity index is 3.32. The van der Waals surface area contributed by atoms with Gasteiger partial charge >= 0.3 is 12.2 Å². The topological polar surface area (TPSA) is 90.7 Å². The van der Waals surface area contributed by atoms with Crippen LogP contribution in [0.4, 0.5) is 9.59 Å². The van der Waals surface area contributed by atoms with Crippen molar-refractivity contribution in [1.29, 1.82) is 0 Å². The van der Waals surface area contributed by atoms with E-state index in [1.54, 1.807) is 13.8 Å². The minimum atomic E-state index is -0.862. The molecule has 0 atom stereocenters. The standard InChI is InChI=1S/C7H14N2O4/c1-5(2)13-7(11)9-3-4-12-6(8)10/h5H,3-4H2,1-2H3,(H2,8,10)(H,9,11). The zero-order valence-corrected chi connectivity index (χ0v) is 7.70. The number of rotatable bonds is 4. The average molecular weight is 190 g/mol. The highest BCUT2D eigenvalue weighted by Gasteiger charge is 2.03. The molecule has 0 saturated carbocycles. The summed E-state index contributed by atoms with van der Waals surface area (Å²) in [5, 5.41) is 2.38. The maximum atomic E-state index is 10.8. The second kappa shape index (κ2) is 6.10. The molecule has 0 aliphatic carbocycles. The largest absolute Gasteiger partial charge is 0.448 e. The molecule has 3 N–H and O–H groups in total. The van der Waals surface area contributed by atoms with Crippen molar-refractivity contribution in [2.75, 3.05) is 13.2 Å². The number of nitrogens with one attached hydrogen (secondary N) is 1. The number of amides is 2. The van der Waals surface area contributed by atoms with Crippen molar-refractivity contribution in [2.45, 2.75) is 20.0 Å². The number of ether oxygens (including phenoxy) is 2. The fraction of sp³-hybridized carbons (Fsp3) is 0.714. The van der Waals surface area contributed by atoms with E-state index in [4.69, 9.17) is 4.74 Å². The van der Waals surface area contributed by atoms with Gasteiger partial charge in [0.15, 0.2) is 0 Å². The second-order valence-electron chi connectivity index (χ2n) is 2.55. The molecule has 0 heterocycles. The Morgan fingerprint density at radius 3 is 2.54 bits per heavy atom. The Hall–Kier alpha value is -1.46. The van der Waals surface area contributed by atoms with Gasteiger partial charge in [-0.15, -0.1) is 0 Å². The highest BCUT2D eigenvalue weighted by Crippen LogP contribution is 1.87. The highest BCUT2D eigenvalue weighted by molar-refractivity contribution is 5.67. The molecule has 13 heavy (non-hydrogen) atoms. The van der Waals surface area contributed by atoms with E-state index in [9.17, 15) is 9.59 Å². The van der Waals surface area contributed by atoms with Crippen LogP contribution in [0.25, 0.3) is 0 Å². The zero-order valence-electron chi connectivity index (χ0n) is 7.70. The monoisotopic (exact) mass is 190 g/mol. The van der Waals surface area contributed by atoms with Crippen LogP contribution in [-0.2, 0) is 9.47 Å². The van der Waals surface area contributed by atoms with E-state index in [0.29, 0.717) is 0 Å². The van der Waals surface area contributed by atoms with Gasteiger partial charge in [-0.2, -0.15) is 0 Å². The fourth-order valence-corrected chi connectivity index (χ4v) is 0.560. The molecule has 0 bridgehead atoms. The number of carbonyl (C=O) groups is 2. The Labute approximate surface area is 76.4 Å². The summed E-state index contributed by atoms with van der Waals surface area (Å²) in [6.07, 6.45) is -1.57. The first-order valence-corrected chi connectivity index (χ1v) is 3.89. The predicted molar refractivity (Wildman–Crippen MR) is 45.2 cm³/mol. The molecule has 0 rings (SSSR count). The van der Waals surface area contributed by atoms with Gasteiger partial charge in [0, 0.05) is 0 Å². The number of nitrogens with two attached hydrogens (primary N) is 1. The summed E-state index contributed by atoms with van der Waals surface area (Å²) in [7, 11) is 0. The van der Waals surface area contributed by atoms with E-state index in [2.05, 4.69) is 15.8 Å². The number of primary amides is 1. The van der Waals surface area contributed by atoms with Crippen LogP contribution in [0.3, 0.4) is 0 Å². The van der Waals surface area contributed by atoms with Gasteiger partial charge in [-0.3, -0.25) is 0 Å². The van der Waals surface area contributed by atoms with Crippen molar-refractivity contribution < 1.29 is 19.1 Å². The smallest absolute Gasteiger partial charge is 0.407 e. The van der Waals surface area contributed by atoms with E-state index in [1.165, 1.54) is 0 Å². The lowest BCUT2D eigenvalue weighted by Gasteiger charge is -2.08. The maximum Gasteiger partial charge on any atom is 0.407 e. The van der Waals surface area contributed by atoms with Crippen molar-refractivity contribution in [3.8, 4) is 0 Å². The molecule has 76 valence electrons. The molecule has 6 nitrogen and oxygen atoms in total. The molecule has 0 aromatic carbocycles. The van der Waals surface area contributed by atoms with Crippen molar-refractivity contribution in [3.05, 3.63) is 0 Å². The zero-order chi connectivity index (χ0) is 10.3. The summed E-state index contributed by atoms with van der Waals surface area (Å²) in [6, 6.07) is 0. The number of hydrogen-bond donors (Lipinski definition) is 2. The van der Waals surface area contributed by atoms with E-state index < -0.39 is 12.2 Å². The van der Waals surface area contributed by atoms with Crippen LogP contribution in [-0.4, -0.2) is 31.4 Å². The van der Waals surface area contributed by atoms with E-state index >= 15 is 0 Å². The Kier molecular flexibility index (Phi) is 5.42. The molecule has 0 spiro atoms. The molecule has 0 aromatic rings. The number of alkyl carbamates (subject to hydrolysis) is 1. The van der Waals surface area contributed by atoms with Crippen molar-refractivity contribution in [3.63, 3.8) is 0 Å². The van der Waals surface area contributed by atoms with Gasteiger partial charge in [0.05, 0.1) is 12.6 Å². The van der Waals surface area contributed by atoms with Crippen LogP contribution in [0, 0.1) is 0 Å². The van der Waals surface area contributed by atoms with Crippen LogP contribution >= 0.6 is 0 Å². The van der Waals surface area contributed by atoms with Gasteiger partial charge in [-0.1, -0.05) is 0 Å². The van der Waals surface area contributed by atoms with E-state index in [1.807, 2.05) is 0 Å². The van der Waals surface area contributed by atoms with Gasteiger partial charge < -0.3 is 20.5 Å². The number of carbonyl (C=O) groups excluding carboxylic acids is 2. The molecular formula is C7H14N2O4. The third-order valence-corrected chi connectivity index (χ3v) is 0.958. The van der Waals surface area contributed by atoms with Crippen LogP contribution in [0.15, 0.2) is 0 Å². The minimum Gasteiger partial charge on any atom is -0.448 e. The lowest BCUT2D eigenvalue weighted by molar-refractivity contribution is 0.111. The Morgan fingerprint density at radius 2 is 2.08 bits per heavy atom. The molecular weight excluding hydrogens is 176 g/mol. The molecule has 0 fully saturated rings. The summed E-state index contributed by atoms with van der Waals surface area (Å²) in [5.41, 5.74) is 4.68. The lowest BCUT2D eigenvalue weighted by atomic mass is 10.5. The van der Waals surface area contributed by atoms with Crippen LogP contribution in [0.5, 0.6) is 0 Å². The molecule has 0 radical (unpaired) electrons. The predicted octanol–water partition coefficient (Wildman–Crippen LogP) is 0.216. The first-order chi connectivity index (χ1) is 6.02. The quantitative estimate of drug-likeness (QED) is 0.620. The highest BCUT2D eigenvalue weighted by atomic mass is 16.6. The van der Waals surface area contributed by atoms with Gasteiger partial charge in [-0.25, -0.2) is 9.59 Å². The first kappa shape index (κ1) is 11.5. The van der Waals surface area contributed by atoms with Crippen molar-refractivity contribution >= 4 is 12.2 Å². The number of hydrogen-bond acceptors (Lipinski definition) is 4.